The lowest BCUT2D eigenvalue weighted by molar-refractivity contribution is 0.00821. The molecule has 0 saturated carbocycles. The molecule has 2 aromatic carbocycles. The monoisotopic (exact) mass is 355 g/mol. The standard InChI is InChI=1S/C21H22FNO3/c1-25-20-12-16-7-8-17(13-20)23(16)21(24)14-3-2-4-19(11-14)26-18-9-5-15(22)6-10-18/h2-6,9-11,16-17,20H,7-8,12-13H2,1H3. The fourth-order valence-corrected chi connectivity index (χ4v) is 4.13. The molecule has 136 valence electrons. The summed E-state index contributed by atoms with van der Waals surface area (Å²) in [6.45, 7) is 0. The number of nitrogens with zero attached hydrogens (tertiary/aromatic N) is 1. The Morgan fingerprint density at radius 2 is 1.73 bits per heavy atom. The molecule has 0 radical (unpaired) electrons. The largest absolute Gasteiger partial charge is 0.457 e. The second kappa shape index (κ2) is 7.08. The Kier molecular flexibility index (Phi) is 4.64. The van der Waals surface area contributed by atoms with Gasteiger partial charge >= 0.3 is 0 Å². The van der Waals surface area contributed by atoms with Gasteiger partial charge in [-0.15, -0.1) is 0 Å². The molecule has 4 nitrogen and oxygen atoms in total. The molecular weight excluding hydrogens is 333 g/mol. The van der Waals surface area contributed by atoms with Crippen molar-refractivity contribution in [3.8, 4) is 11.5 Å². The number of halogens is 1. The van der Waals surface area contributed by atoms with Crippen LogP contribution in [0.2, 0.25) is 0 Å². The fraction of sp³-hybridized carbons (Fsp3) is 0.381. The van der Waals surface area contributed by atoms with Gasteiger partial charge in [-0.1, -0.05) is 6.07 Å². The van der Waals surface area contributed by atoms with E-state index < -0.39 is 0 Å². The number of benzene rings is 2. The van der Waals surface area contributed by atoms with Crippen molar-refractivity contribution in [1.82, 2.24) is 4.90 Å². The smallest absolute Gasteiger partial charge is 0.254 e. The summed E-state index contributed by atoms with van der Waals surface area (Å²) in [5, 5.41) is 0. The molecule has 2 aliphatic heterocycles. The maximum absolute atomic E-state index is 13.1. The molecule has 1 amide bonds. The highest BCUT2D eigenvalue weighted by Gasteiger charge is 2.43. The number of rotatable bonds is 4. The van der Waals surface area contributed by atoms with Crippen molar-refractivity contribution in [3.63, 3.8) is 0 Å². The van der Waals surface area contributed by atoms with E-state index in [2.05, 4.69) is 0 Å². The van der Waals surface area contributed by atoms with Gasteiger partial charge in [0.25, 0.3) is 5.91 Å². The topological polar surface area (TPSA) is 38.8 Å². The second-order valence-corrected chi connectivity index (χ2v) is 7.01. The summed E-state index contributed by atoms with van der Waals surface area (Å²) in [6.07, 6.45) is 4.16. The number of piperidine rings is 1. The third kappa shape index (κ3) is 3.31. The van der Waals surface area contributed by atoms with Crippen LogP contribution in [0, 0.1) is 5.82 Å². The number of ether oxygens (including phenoxy) is 2. The zero-order valence-corrected chi connectivity index (χ0v) is 14.7. The van der Waals surface area contributed by atoms with E-state index in [4.69, 9.17) is 9.47 Å². The number of carbonyl (C=O) groups excluding carboxylic acids is 1. The van der Waals surface area contributed by atoms with Crippen LogP contribution < -0.4 is 4.74 Å². The molecule has 4 rings (SSSR count). The molecule has 2 heterocycles. The van der Waals surface area contributed by atoms with E-state index in [1.54, 1.807) is 31.4 Å². The van der Waals surface area contributed by atoms with Crippen LogP contribution in [0.3, 0.4) is 0 Å². The maximum atomic E-state index is 13.1. The number of hydrogen-bond donors (Lipinski definition) is 0. The molecule has 2 fully saturated rings. The molecule has 0 aromatic heterocycles. The SMILES string of the molecule is COC1CC2CCC(C1)N2C(=O)c1cccc(Oc2ccc(F)cc2)c1. The van der Waals surface area contributed by atoms with Crippen LogP contribution in [0.15, 0.2) is 48.5 Å². The van der Waals surface area contributed by atoms with Crippen LogP contribution >= 0.6 is 0 Å². The maximum Gasteiger partial charge on any atom is 0.254 e. The highest BCUT2D eigenvalue weighted by molar-refractivity contribution is 5.95. The van der Waals surface area contributed by atoms with E-state index in [1.165, 1.54) is 12.1 Å². The van der Waals surface area contributed by atoms with Crippen molar-refractivity contribution in [2.75, 3.05) is 7.11 Å². The molecule has 0 N–H and O–H groups in total. The van der Waals surface area contributed by atoms with Crippen molar-refractivity contribution in [3.05, 3.63) is 59.9 Å². The van der Waals surface area contributed by atoms with E-state index in [0.29, 0.717) is 17.1 Å². The molecule has 5 heteroatoms. The Morgan fingerprint density at radius 1 is 1.04 bits per heavy atom. The number of hydrogen-bond acceptors (Lipinski definition) is 3. The van der Waals surface area contributed by atoms with Crippen LogP contribution in [0.4, 0.5) is 4.39 Å². The van der Waals surface area contributed by atoms with Crippen molar-refractivity contribution in [2.24, 2.45) is 0 Å². The molecule has 2 saturated heterocycles. The van der Waals surface area contributed by atoms with Crippen LogP contribution in [0.1, 0.15) is 36.0 Å². The molecule has 26 heavy (non-hydrogen) atoms. The first-order valence-electron chi connectivity index (χ1n) is 9.03. The predicted molar refractivity (Wildman–Crippen MR) is 95.9 cm³/mol. The van der Waals surface area contributed by atoms with Crippen molar-refractivity contribution < 1.29 is 18.7 Å². The fourth-order valence-electron chi connectivity index (χ4n) is 4.13. The number of carbonyl (C=O) groups is 1. The Labute approximate surface area is 152 Å². The first kappa shape index (κ1) is 17.0. The van der Waals surface area contributed by atoms with E-state index in [-0.39, 0.29) is 29.9 Å². The summed E-state index contributed by atoms with van der Waals surface area (Å²) in [4.78, 5) is 15.1. The van der Waals surface area contributed by atoms with Gasteiger partial charge in [0.15, 0.2) is 0 Å². The van der Waals surface area contributed by atoms with E-state index >= 15 is 0 Å². The minimum absolute atomic E-state index is 0.0524. The Bertz CT molecular complexity index is 778. The van der Waals surface area contributed by atoms with Gasteiger partial charge in [-0.25, -0.2) is 4.39 Å². The van der Waals surface area contributed by atoms with Crippen LogP contribution in [0.25, 0.3) is 0 Å². The summed E-state index contributed by atoms with van der Waals surface area (Å²) in [6, 6.07) is 13.5. The Balaban J connectivity index is 1.51. The molecule has 2 atom stereocenters. The quantitative estimate of drug-likeness (QED) is 0.816. The van der Waals surface area contributed by atoms with Crippen LogP contribution in [-0.4, -0.2) is 36.1 Å². The van der Waals surface area contributed by atoms with E-state index in [0.717, 1.165) is 25.7 Å². The molecule has 2 bridgehead atoms. The zero-order valence-electron chi connectivity index (χ0n) is 14.7. The van der Waals surface area contributed by atoms with Gasteiger partial charge in [-0.2, -0.15) is 0 Å². The first-order chi connectivity index (χ1) is 12.6. The lowest BCUT2D eigenvalue weighted by Crippen LogP contribution is -2.48. The average Bonchev–Trinajstić information content (AvgIpc) is 2.92. The van der Waals surface area contributed by atoms with Gasteiger partial charge < -0.3 is 14.4 Å². The minimum atomic E-state index is -0.309. The predicted octanol–water partition coefficient (Wildman–Crippen LogP) is 4.40. The highest BCUT2D eigenvalue weighted by atomic mass is 19.1. The Hall–Kier alpha value is -2.40. The van der Waals surface area contributed by atoms with Gasteiger partial charge in [0, 0.05) is 24.8 Å². The summed E-state index contributed by atoms with van der Waals surface area (Å²) < 4.78 is 24.3. The number of fused-ring (bicyclic) bond motifs is 2. The molecule has 2 aromatic rings. The lowest BCUT2D eigenvalue weighted by atomic mass is 9.98. The summed E-state index contributed by atoms with van der Waals surface area (Å²) >= 11 is 0. The summed E-state index contributed by atoms with van der Waals surface area (Å²) in [5.41, 5.74) is 0.623. The van der Waals surface area contributed by atoms with Crippen LogP contribution in [0.5, 0.6) is 11.5 Å². The molecular formula is C21H22FNO3. The molecule has 2 aliphatic rings. The van der Waals surface area contributed by atoms with Gasteiger partial charge in [0.2, 0.25) is 0 Å². The summed E-state index contributed by atoms with van der Waals surface area (Å²) in [7, 11) is 1.75. The molecule has 0 aliphatic carbocycles. The third-order valence-corrected chi connectivity index (χ3v) is 5.39. The second-order valence-electron chi connectivity index (χ2n) is 7.01. The zero-order chi connectivity index (χ0) is 18.1. The van der Waals surface area contributed by atoms with Crippen molar-refractivity contribution in [1.29, 1.82) is 0 Å². The van der Waals surface area contributed by atoms with Crippen molar-refractivity contribution in [2.45, 2.75) is 43.9 Å². The Morgan fingerprint density at radius 3 is 2.38 bits per heavy atom. The number of methoxy groups -OCH3 is 1. The normalized spacial score (nSPS) is 24.5. The molecule has 2 unspecified atom stereocenters. The highest BCUT2D eigenvalue weighted by Crippen LogP contribution is 2.38. The average molecular weight is 355 g/mol. The van der Waals surface area contributed by atoms with Gasteiger partial charge in [-0.05, 0) is 68.1 Å². The number of amides is 1. The summed E-state index contributed by atoms with van der Waals surface area (Å²) in [5.74, 6) is 0.853. The first-order valence-corrected chi connectivity index (χ1v) is 9.03. The third-order valence-electron chi connectivity index (χ3n) is 5.39. The van der Waals surface area contributed by atoms with E-state index in [1.807, 2.05) is 17.0 Å². The van der Waals surface area contributed by atoms with Crippen molar-refractivity contribution >= 4 is 5.91 Å². The van der Waals surface area contributed by atoms with Crippen LogP contribution in [-0.2, 0) is 4.74 Å². The van der Waals surface area contributed by atoms with Gasteiger partial charge in [-0.3, -0.25) is 4.79 Å². The van der Waals surface area contributed by atoms with E-state index in [9.17, 15) is 9.18 Å². The lowest BCUT2D eigenvalue weighted by Gasteiger charge is -2.38. The minimum Gasteiger partial charge on any atom is -0.457 e. The van der Waals surface area contributed by atoms with Gasteiger partial charge in [0.05, 0.1) is 6.10 Å². The molecule has 0 spiro atoms. The van der Waals surface area contributed by atoms with Gasteiger partial charge in [0.1, 0.15) is 17.3 Å².